The van der Waals surface area contributed by atoms with Gasteiger partial charge in [-0.1, -0.05) is 0 Å². The van der Waals surface area contributed by atoms with Crippen LogP contribution in [-0.4, -0.2) is 30.9 Å². The predicted octanol–water partition coefficient (Wildman–Crippen LogP) is 0.117. The Hall–Kier alpha value is -0.900. The molecular formula is C10H15NO3. The number of ether oxygens (including phenoxy) is 1. The van der Waals surface area contributed by atoms with Crippen molar-refractivity contribution in [1.82, 2.24) is 5.32 Å². The van der Waals surface area contributed by atoms with Crippen molar-refractivity contribution in [3.63, 3.8) is 0 Å². The van der Waals surface area contributed by atoms with E-state index in [2.05, 4.69) is 5.32 Å². The second-order valence-electron chi connectivity index (χ2n) is 3.91. The Morgan fingerprint density at radius 1 is 1.64 bits per heavy atom. The maximum absolute atomic E-state index is 11.5. The van der Waals surface area contributed by atoms with E-state index in [1.54, 1.807) is 6.92 Å². The topological polar surface area (TPSA) is 55.4 Å². The second-order valence-corrected chi connectivity index (χ2v) is 3.91. The fourth-order valence-corrected chi connectivity index (χ4v) is 2.49. The molecule has 0 aromatic heterocycles. The molecule has 0 spiro atoms. The molecule has 14 heavy (non-hydrogen) atoms. The molecule has 0 radical (unpaired) electrons. The van der Waals surface area contributed by atoms with Crippen LogP contribution in [0.3, 0.4) is 0 Å². The molecule has 0 aromatic carbocycles. The average molecular weight is 197 g/mol. The first-order valence-electron chi connectivity index (χ1n) is 5.16. The molecule has 0 aromatic rings. The molecule has 1 saturated carbocycles. The normalized spacial score (nSPS) is 35.8. The van der Waals surface area contributed by atoms with Gasteiger partial charge in [0.25, 0.3) is 0 Å². The standard InChI is InChI=1S/C10H15NO3/c1-2-14-10(13)9-6-3-4-8(12)7(6)5-11-9/h6-7,9,11H,2-5H2,1H3. The van der Waals surface area contributed by atoms with E-state index in [0.717, 1.165) is 6.42 Å². The molecule has 1 heterocycles. The summed E-state index contributed by atoms with van der Waals surface area (Å²) in [6, 6.07) is -0.244. The number of rotatable bonds is 2. The van der Waals surface area contributed by atoms with Crippen molar-refractivity contribution < 1.29 is 14.3 Å². The van der Waals surface area contributed by atoms with Crippen LogP contribution in [0.1, 0.15) is 19.8 Å². The lowest BCUT2D eigenvalue weighted by Crippen LogP contribution is -2.37. The van der Waals surface area contributed by atoms with Crippen LogP contribution in [0, 0.1) is 11.8 Å². The summed E-state index contributed by atoms with van der Waals surface area (Å²) in [7, 11) is 0. The van der Waals surface area contributed by atoms with Crippen LogP contribution in [0.4, 0.5) is 0 Å². The third kappa shape index (κ3) is 1.43. The molecule has 3 atom stereocenters. The maximum Gasteiger partial charge on any atom is 0.323 e. The Morgan fingerprint density at radius 2 is 2.43 bits per heavy atom. The molecule has 2 rings (SSSR count). The highest BCUT2D eigenvalue weighted by atomic mass is 16.5. The summed E-state index contributed by atoms with van der Waals surface area (Å²) >= 11 is 0. The minimum Gasteiger partial charge on any atom is -0.465 e. The van der Waals surface area contributed by atoms with Gasteiger partial charge in [-0.2, -0.15) is 0 Å². The number of esters is 1. The van der Waals surface area contributed by atoms with Gasteiger partial charge < -0.3 is 10.1 Å². The quantitative estimate of drug-likeness (QED) is 0.639. The van der Waals surface area contributed by atoms with Crippen LogP contribution in [0.2, 0.25) is 0 Å². The lowest BCUT2D eigenvalue weighted by Gasteiger charge is -2.15. The van der Waals surface area contributed by atoms with Gasteiger partial charge in [0.05, 0.1) is 6.61 Å². The Labute approximate surface area is 83.0 Å². The zero-order chi connectivity index (χ0) is 10.1. The summed E-state index contributed by atoms with van der Waals surface area (Å²) in [6.07, 6.45) is 1.47. The van der Waals surface area contributed by atoms with Crippen LogP contribution in [-0.2, 0) is 14.3 Å². The lowest BCUT2D eigenvalue weighted by molar-refractivity contribution is -0.146. The van der Waals surface area contributed by atoms with Gasteiger partial charge in [-0.15, -0.1) is 0 Å². The first-order valence-corrected chi connectivity index (χ1v) is 5.16. The van der Waals surface area contributed by atoms with Gasteiger partial charge in [-0.3, -0.25) is 9.59 Å². The van der Waals surface area contributed by atoms with E-state index >= 15 is 0 Å². The van der Waals surface area contributed by atoms with Gasteiger partial charge in [0.2, 0.25) is 0 Å². The van der Waals surface area contributed by atoms with Gasteiger partial charge in [0.15, 0.2) is 0 Å². The van der Waals surface area contributed by atoms with Crippen LogP contribution < -0.4 is 5.32 Å². The monoisotopic (exact) mass is 197 g/mol. The largest absolute Gasteiger partial charge is 0.465 e. The molecule has 78 valence electrons. The highest BCUT2D eigenvalue weighted by molar-refractivity contribution is 5.87. The minimum absolute atomic E-state index is 0.0596. The highest BCUT2D eigenvalue weighted by Crippen LogP contribution is 2.35. The zero-order valence-electron chi connectivity index (χ0n) is 8.29. The summed E-state index contributed by atoms with van der Waals surface area (Å²) < 4.78 is 4.96. The molecule has 1 aliphatic heterocycles. The summed E-state index contributed by atoms with van der Waals surface area (Å²) in [6.45, 7) is 2.85. The Kier molecular flexibility index (Phi) is 2.54. The summed E-state index contributed by atoms with van der Waals surface area (Å²) in [5, 5.41) is 3.08. The number of hydrogen-bond donors (Lipinski definition) is 1. The number of ketones is 1. The van der Waals surface area contributed by atoms with Crippen molar-refractivity contribution in [1.29, 1.82) is 0 Å². The van der Waals surface area contributed by atoms with E-state index in [9.17, 15) is 9.59 Å². The summed E-state index contributed by atoms with van der Waals surface area (Å²) in [5.41, 5.74) is 0. The third-order valence-electron chi connectivity index (χ3n) is 3.18. The molecule has 4 nitrogen and oxygen atoms in total. The fourth-order valence-electron chi connectivity index (χ4n) is 2.49. The first kappa shape index (κ1) is 9.65. The number of fused-ring (bicyclic) bond motifs is 1. The minimum atomic E-state index is -0.244. The van der Waals surface area contributed by atoms with Crippen LogP contribution in [0.5, 0.6) is 0 Å². The molecular weight excluding hydrogens is 182 g/mol. The van der Waals surface area contributed by atoms with E-state index in [-0.39, 0.29) is 23.8 Å². The van der Waals surface area contributed by atoms with E-state index in [1.807, 2.05) is 0 Å². The fraction of sp³-hybridized carbons (Fsp3) is 0.800. The van der Waals surface area contributed by atoms with Gasteiger partial charge in [-0.25, -0.2) is 0 Å². The van der Waals surface area contributed by atoms with E-state index < -0.39 is 0 Å². The SMILES string of the molecule is CCOC(=O)C1NCC2C(=O)CCC21. The maximum atomic E-state index is 11.5. The van der Waals surface area contributed by atoms with Crippen LogP contribution >= 0.6 is 0 Å². The second kappa shape index (κ2) is 3.69. The molecule has 2 aliphatic rings. The van der Waals surface area contributed by atoms with Gasteiger partial charge >= 0.3 is 5.97 Å². The number of Topliss-reactive ketones (excluding diaryl/α,β-unsaturated/α-hetero) is 1. The van der Waals surface area contributed by atoms with Gasteiger partial charge in [0.1, 0.15) is 11.8 Å². The molecule has 0 amide bonds. The lowest BCUT2D eigenvalue weighted by atomic mass is 9.94. The third-order valence-corrected chi connectivity index (χ3v) is 3.18. The van der Waals surface area contributed by atoms with Crippen molar-refractivity contribution in [2.45, 2.75) is 25.8 Å². The summed E-state index contributed by atoms with van der Waals surface area (Å²) in [4.78, 5) is 22.9. The number of nitrogens with one attached hydrogen (secondary N) is 1. The number of carbonyl (C=O) groups is 2. The first-order chi connectivity index (χ1) is 6.74. The number of carbonyl (C=O) groups excluding carboxylic acids is 2. The van der Waals surface area contributed by atoms with E-state index in [0.29, 0.717) is 25.4 Å². The van der Waals surface area contributed by atoms with E-state index in [4.69, 9.17) is 4.74 Å². The molecule has 3 unspecified atom stereocenters. The molecule has 1 saturated heterocycles. The van der Waals surface area contributed by atoms with Crippen molar-refractivity contribution in [3.8, 4) is 0 Å². The van der Waals surface area contributed by atoms with Crippen molar-refractivity contribution >= 4 is 11.8 Å². The smallest absolute Gasteiger partial charge is 0.323 e. The van der Waals surface area contributed by atoms with Gasteiger partial charge in [0, 0.05) is 18.9 Å². The molecule has 1 N–H and O–H groups in total. The molecule has 0 bridgehead atoms. The van der Waals surface area contributed by atoms with Gasteiger partial charge in [-0.05, 0) is 19.3 Å². The average Bonchev–Trinajstić information content (AvgIpc) is 2.69. The zero-order valence-corrected chi connectivity index (χ0v) is 8.29. The molecule has 1 aliphatic carbocycles. The molecule has 4 heteroatoms. The van der Waals surface area contributed by atoms with Crippen LogP contribution in [0.15, 0.2) is 0 Å². The number of hydrogen-bond acceptors (Lipinski definition) is 4. The predicted molar refractivity (Wildman–Crippen MR) is 49.6 cm³/mol. The van der Waals surface area contributed by atoms with E-state index in [1.165, 1.54) is 0 Å². The van der Waals surface area contributed by atoms with Crippen LogP contribution in [0.25, 0.3) is 0 Å². The Bertz CT molecular complexity index is 264. The Balaban J connectivity index is 2.03. The van der Waals surface area contributed by atoms with Crippen molar-refractivity contribution in [2.24, 2.45) is 11.8 Å². The van der Waals surface area contributed by atoms with Crippen molar-refractivity contribution in [2.75, 3.05) is 13.2 Å². The highest BCUT2D eigenvalue weighted by Gasteiger charge is 2.47. The summed E-state index contributed by atoms with van der Waals surface area (Å²) in [5.74, 6) is 0.343. The Morgan fingerprint density at radius 3 is 3.14 bits per heavy atom. The molecule has 2 fully saturated rings. The van der Waals surface area contributed by atoms with Crippen molar-refractivity contribution in [3.05, 3.63) is 0 Å².